The Labute approximate surface area is 129 Å². The average Bonchev–Trinajstić information content (AvgIpc) is 3.05. The number of hydrogen-bond acceptors (Lipinski definition) is 4. The Morgan fingerprint density at radius 2 is 1.83 bits per heavy atom. The van der Waals surface area contributed by atoms with Crippen molar-refractivity contribution in [3.05, 3.63) is 70.9 Å². The summed E-state index contributed by atoms with van der Waals surface area (Å²) in [6, 6.07) is 13.2. The van der Waals surface area contributed by atoms with Crippen LogP contribution in [0.2, 0.25) is 0 Å². The lowest BCUT2D eigenvalue weighted by Crippen LogP contribution is -2.09. The maximum atomic E-state index is 13.8. The van der Waals surface area contributed by atoms with E-state index in [1.165, 1.54) is 16.9 Å². The predicted octanol–water partition coefficient (Wildman–Crippen LogP) is 2.31. The van der Waals surface area contributed by atoms with Crippen LogP contribution in [0, 0.1) is 5.82 Å². The molecule has 4 aromatic rings. The van der Waals surface area contributed by atoms with Crippen LogP contribution in [0.3, 0.4) is 0 Å². The molecule has 2 heterocycles. The molecule has 2 aromatic heterocycles. The molecular weight excluding hydrogens is 297 g/mol. The van der Waals surface area contributed by atoms with Crippen molar-refractivity contribution in [2.75, 3.05) is 0 Å². The van der Waals surface area contributed by atoms with Crippen LogP contribution in [-0.2, 0) is 0 Å². The van der Waals surface area contributed by atoms with E-state index in [1.54, 1.807) is 42.5 Å². The van der Waals surface area contributed by atoms with Gasteiger partial charge in [-0.2, -0.15) is 0 Å². The van der Waals surface area contributed by atoms with Crippen molar-refractivity contribution in [1.82, 2.24) is 25.0 Å². The number of H-pyrrole nitrogens is 1. The molecular formula is C16H10FN5O. The van der Waals surface area contributed by atoms with Gasteiger partial charge in [0.15, 0.2) is 5.82 Å². The lowest BCUT2D eigenvalue weighted by molar-refractivity contribution is 0.607. The van der Waals surface area contributed by atoms with Gasteiger partial charge in [0.2, 0.25) is 0 Å². The molecule has 0 unspecified atom stereocenters. The number of benzene rings is 2. The van der Waals surface area contributed by atoms with Crippen molar-refractivity contribution in [2.24, 2.45) is 0 Å². The molecule has 0 amide bonds. The first kappa shape index (κ1) is 13.3. The molecule has 0 fully saturated rings. The molecule has 23 heavy (non-hydrogen) atoms. The Morgan fingerprint density at radius 1 is 1.04 bits per heavy atom. The predicted molar refractivity (Wildman–Crippen MR) is 82.7 cm³/mol. The Bertz CT molecular complexity index is 1070. The molecule has 0 radical (unpaired) electrons. The highest BCUT2D eigenvalue weighted by atomic mass is 19.1. The summed E-state index contributed by atoms with van der Waals surface area (Å²) in [5, 5.41) is 8.36. The number of halogens is 1. The lowest BCUT2D eigenvalue weighted by Gasteiger charge is -2.00. The molecule has 0 saturated heterocycles. The molecule has 0 aliphatic heterocycles. The van der Waals surface area contributed by atoms with Gasteiger partial charge in [-0.15, -0.1) is 5.10 Å². The maximum absolute atomic E-state index is 13.8. The zero-order valence-corrected chi connectivity index (χ0v) is 11.8. The Hall–Kier alpha value is -3.35. The number of aromatic amines is 1. The normalized spacial score (nSPS) is 11.0. The van der Waals surface area contributed by atoms with Crippen LogP contribution >= 0.6 is 0 Å². The summed E-state index contributed by atoms with van der Waals surface area (Å²) in [5.41, 5.74) is 0.934. The number of nitrogens with one attached hydrogen (secondary N) is 1. The third-order valence-electron chi connectivity index (χ3n) is 3.45. The van der Waals surface area contributed by atoms with E-state index >= 15 is 0 Å². The molecule has 0 spiro atoms. The fraction of sp³-hybridized carbons (Fsp3) is 0. The Balaban J connectivity index is 1.84. The number of aromatic nitrogens is 5. The van der Waals surface area contributed by atoms with Crippen LogP contribution in [-0.4, -0.2) is 25.0 Å². The van der Waals surface area contributed by atoms with Crippen LogP contribution in [0.25, 0.3) is 28.1 Å². The summed E-state index contributed by atoms with van der Waals surface area (Å²) in [6.07, 6.45) is 1.52. The molecule has 6 nitrogen and oxygen atoms in total. The topological polar surface area (TPSA) is 76.5 Å². The van der Waals surface area contributed by atoms with E-state index in [1.807, 2.05) is 0 Å². The third-order valence-corrected chi connectivity index (χ3v) is 3.45. The summed E-state index contributed by atoms with van der Waals surface area (Å²) in [5.74, 6) is -0.125. The van der Waals surface area contributed by atoms with Gasteiger partial charge in [-0.3, -0.25) is 4.79 Å². The van der Waals surface area contributed by atoms with Gasteiger partial charge in [0.1, 0.15) is 17.2 Å². The van der Waals surface area contributed by atoms with Gasteiger partial charge in [-0.25, -0.2) is 14.1 Å². The summed E-state index contributed by atoms with van der Waals surface area (Å²) in [7, 11) is 0. The van der Waals surface area contributed by atoms with Crippen LogP contribution in [0.1, 0.15) is 0 Å². The fourth-order valence-corrected chi connectivity index (χ4v) is 2.34. The maximum Gasteiger partial charge on any atom is 0.259 e. The molecule has 0 aliphatic rings. The van der Waals surface area contributed by atoms with Crippen molar-refractivity contribution in [1.29, 1.82) is 0 Å². The first-order valence-electron chi connectivity index (χ1n) is 6.89. The second kappa shape index (κ2) is 5.13. The van der Waals surface area contributed by atoms with E-state index in [2.05, 4.69) is 20.3 Å². The number of rotatable bonds is 2. The SMILES string of the molecule is O=c1[nH]c(-c2cn(-c3ccccc3F)nn2)nc2ccccc12. The fourth-order valence-electron chi connectivity index (χ4n) is 2.34. The molecule has 0 aliphatic carbocycles. The van der Waals surface area contributed by atoms with E-state index in [9.17, 15) is 9.18 Å². The van der Waals surface area contributed by atoms with Crippen LogP contribution in [0.4, 0.5) is 4.39 Å². The minimum absolute atomic E-state index is 0.258. The molecule has 4 rings (SSSR count). The molecule has 2 aromatic carbocycles. The Kier molecular flexibility index (Phi) is 2.97. The van der Waals surface area contributed by atoms with E-state index in [0.29, 0.717) is 16.6 Å². The highest BCUT2D eigenvalue weighted by Crippen LogP contribution is 2.16. The van der Waals surface area contributed by atoms with Gasteiger partial charge in [0, 0.05) is 0 Å². The summed E-state index contributed by atoms with van der Waals surface area (Å²) >= 11 is 0. The number of hydrogen-bond donors (Lipinski definition) is 1. The second-order valence-corrected chi connectivity index (χ2v) is 4.93. The number of fused-ring (bicyclic) bond motifs is 1. The van der Waals surface area contributed by atoms with Crippen LogP contribution in [0.5, 0.6) is 0 Å². The molecule has 0 bridgehead atoms. The van der Waals surface area contributed by atoms with Gasteiger partial charge in [0.25, 0.3) is 5.56 Å². The first-order chi connectivity index (χ1) is 11.2. The molecule has 7 heteroatoms. The molecule has 0 saturated carbocycles. The zero-order chi connectivity index (χ0) is 15.8. The molecule has 0 atom stereocenters. The van der Waals surface area contributed by atoms with Gasteiger partial charge >= 0.3 is 0 Å². The van der Waals surface area contributed by atoms with E-state index in [4.69, 9.17) is 0 Å². The van der Waals surface area contributed by atoms with Crippen molar-refractivity contribution in [2.45, 2.75) is 0 Å². The highest BCUT2D eigenvalue weighted by Gasteiger charge is 2.11. The Morgan fingerprint density at radius 3 is 2.70 bits per heavy atom. The number of para-hydroxylation sites is 2. The summed E-state index contributed by atoms with van der Waals surface area (Å²) in [6.45, 7) is 0. The molecule has 112 valence electrons. The quantitative estimate of drug-likeness (QED) is 0.616. The van der Waals surface area contributed by atoms with Crippen molar-refractivity contribution in [3.63, 3.8) is 0 Å². The summed E-state index contributed by atoms with van der Waals surface area (Å²) in [4.78, 5) is 19.1. The van der Waals surface area contributed by atoms with E-state index in [-0.39, 0.29) is 17.1 Å². The van der Waals surface area contributed by atoms with Crippen molar-refractivity contribution in [3.8, 4) is 17.2 Å². The summed E-state index contributed by atoms with van der Waals surface area (Å²) < 4.78 is 15.1. The van der Waals surface area contributed by atoms with Crippen molar-refractivity contribution >= 4 is 10.9 Å². The smallest absolute Gasteiger partial charge is 0.259 e. The van der Waals surface area contributed by atoms with Gasteiger partial charge < -0.3 is 4.98 Å². The van der Waals surface area contributed by atoms with Crippen LogP contribution in [0.15, 0.2) is 59.5 Å². The zero-order valence-electron chi connectivity index (χ0n) is 11.8. The standard InChI is InChI=1S/C16H10FN5O/c17-11-6-2-4-8-14(11)22-9-13(20-21-22)15-18-12-7-3-1-5-10(12)16(23)19-15/h1-9H,(H,18,19,23). The first-order valence-corrected chi connectivity index (χ1v) is 6.89. The number of nitrogens with zero attached hydrogens (tertiary/aromatic N) is 4. The minimum atomic E-state index is -0.413. The van der Waals surface area contributed by atoms with E-state index in [0.717, 1.165) is 0 Å². The van der Waals surface area contributed by atoms with Crippen LogP contribution < -0.4 is 5.56 Å². The van der Waals surface area contributed by atoms with Crippen molar-refractivity contribution < 1.29 is 4.39 Å². The molecule has 1 N–H and O–H groups in total. The monoisotopic (exact) mass is 307 g/mol. The average molecular weight is 307 g/mol. The van der Waals surface area contributed by atoms with Gasteiger partial charge in [0.05, 0.1) is 17.1 Å². The largest absolute Gasteiger partial charge is 0.305 e. The second-order valence-electron chi connectivity index (χ2n) is 4.93. The van der Waals surface area contributed by atoms with Gasteiger partial charge in [-0.1, -0.05) is 29.5 Å². The highest BCUT2D eigenvalue weighted by molar-refractivity contribution is 5.78. The minimum Gasteiger partial charge on any atom is -0.305 e. The third kappa shape index (κ3) is 2.28. The van der Waals surface area contributed by atoms with Gasteiger partial charge in [-0.05, 0) is 24.3 Å². The lowest BCUT2D eigenvalue weighted by atomic mass is 10.2. The van der Waals surface area contributed by atoms with E-state index < -0.39 is 5.82 Å².